The first-order valence-electron chi connectivity index (χ1n) is 8.71. The van der Waals surface area contributed by atoms with Crippen LogP contribution in [0.25, 0.3) is 0 Å². The molecule has 26 heteroatoms. The maximum atomic E-state index is 13.4. The first-order chi connectivity index (χ1) is 16.9. The second-order valence-corrected chi connectivity index (χ2v) is 7.04. The van der Waals surface area contributed by atoms with Gasteiger partial charge in [-0.05, 0) is 6.92 Å². The van der Waals surface area contributed by atoms with Gasteiger partial charge in [-0.3, -0.25) is 0 Å². The van der Waals surface area contributed by atoms with E-state index < -0.39 is 71.4 Å². The molecule has 0 aliphatic heterocycles. The number of carbonyl (C=O) groups excluding carboxylic acids is 1. The number of carboxylic acids is 1. The second kappa shape index (κ2) is 10.3. The number of halogens is 23. The van der Waals surface area contributed by atoms with Gasteiger partial charge >= 0.3 is 65.4 Å². The summed E-state index contributed by atoms with van der Waals surface area (Å²) in [7, 11) is 0. The van der Waals surface area contributed by atoms with E-state index in [0.29, 0.717) is 0 Å². The monoisotopic (exact) mass is 659 g/mol. The fraction of sp³-hybridized carbons (Fsp3) is 0.929. The molecule has 40 heavy (non-hydrogen) atoms. The number of quaternary nitrogens is 1. The molecule has 0 aromatic rings. The van der Waals surface area contributed by atoms with Crippen molar-refractivity contribution in [2.45, 2.75) is 72.3 Å². The van der Waals surface area contributed by atoms with Gasteiger partial charge in [-0.15, -0.1) is 0 Å². The Hall–Kier alpha value is -2.18. The topological polar surface area (TPSA) is 67.8 Å². The molecule has 0 aromatic heterocycles. The summed E-state index contributed by atoms with van der Waals surface area (Å²) < 4.78 is 298. The van der Waals surface area contributed by atoms with Crippen LogP contribution in [0.2, 0.25) is 0 Å². The van der Waals surface area contributed by atoms with Crippen LogP contribution in [0, 0.1) is 0 Å². The molecule has 0 saturated heterocycles. The fourth-order valence-corrected chi connectivity index (χ4v) is 2.04. The van der Waals surface area contributed by atoms with Crippen molar-refractivity contribution >= 4 is 5.97 Å². The summed E-state index contributed by atoms with van der Waals surface area (Å²) in [6, 6.07) is 0. The summed E-state index contributed by atoms with van der Waals surface area (Å²) >= 11 is 0. The lowest BCUT2D eigenvalue weighted by molar-refractivity contribution is -0.481. The lowest BCUT2D eigenvalue weighted by atomic mass is 9.82. The van der Waals surface area contributed by atoms with E-state index in [0.717, 1.165) is 6.54 Å². The Labute approximate surface area is 203 Å². The largest absolute Gasteiger partial charge is 0.544 e. The molecule has 3 nitrogen and oxygen atoms in total. The standard InChI is InChI=1S/C12HF23O2.C2H7N/c13-2(14,1(36)37)4(16,17)6(20,21)8(24,25)10(28,29)9(26,27)7(22,23)5(18,19)3(15,11(30,31)32)12(33,34)35;1-2-3/h(H,36,37);2-3H2,1H3. The summed E-state index contributed by atoms with van der Waals surface area (Å²) in [5.74, 6) is -77.9. The minimum atomic E-state index is -9.59. The van der Waals surface area contributed by atoms with Crippen molar-refractivity contribution in [2.24, 2.45) is 0 Å². The SMILES string of the molecule is CC[NH3+].O=C([O-])C(F)(F)C(F)(F)C(F)(F)C(F)(F)C(F)(F)C(F)(F)C(F)(F)C(F)(F)C(F)(C(F)(F)F)C(F)(F)F. The average Bonchev–Trinajstić information content (AvgIpc) is 2.70. The van der Waals surface area contributed by atoms with Crippen molar-refractivity contribution in [3.63, 3.8) is 0 Å². The third kappa shape index (κ3) is 4.93. The Morgan fingerprint density at radius 2 is 0.650 bits per heavy atom. The van der Waals surface area contributed by atoms with Gasteiger partial charge in [0.1, 0.15) is 5.97 Å². The van der Waals surface area contributed by atoms with E-state index in [1.165, 1.54) is 0 Å². The van der Waals surface area contributed by atoms with Crippen LogP contribution in [-0.2, 0) is 4.79 Å². The second-order valence-electron chi connectivity index (χ2n) is 7.04. The molecule has 0 saturated carbocycles. The molecule has 0 fully saturated rings. The van der Waals surface area contributed by atoms with Crippen molar-refractivity contribution in [2.75, 3.05) is 6.54 Å². The molecule has 0 rings (SSSR count). The lowest BCUT2D eigenvalue weighted by Gasteiger charge is -2.46. The summed E-state index contributed by atoms with van der Waals surface area (Å²) in [5.41, 5.74) is -5.60. The van der Waals surface area contributed by atoms with Crippen molar-refractivity contribution in [3.05, 3.63) is 0 Å². The Morgan fingerprint density at radius 3 is 0.825 bits per heavy atom. The molecule has 0 unspecified atom stereocenters. The van der Waals surface area contributed by atoms with Crippen LogP contribution in [0.5, 0.6) is 0 Å². The smallest absolute Gasteiger partial charge is 0.438 e. The zero-order valence-electron chi connectivity index (χ0n) is 17.9. The van der Waals surface area contributed by atoms with Crippen molar-refractivity contribution in [3.8, 4) is 0 Å². The van der Waals surface area contributed by atoms with E-state index in [-0.39, 0.29) is 0 Å². The van der Waals surface area contributed by atoms with E-state index in [2.05, 4.69) is 5.73 Å². The number of hydrogen-bond donors (Lipinski definition) is 1. The highest BCUT2D eigenvalue weighted by Gasteiger charge is 3.00. The average molecular weight is 659 g/mol. The number of aliphatic carboxylic acids is 1. The zero-order valence-corrected chi connectivity index (χ0v) is 17.9. The molecule has 0 atom stereocenters. The zero-order chi connectivity index (χ0) is 33.8. The molecule has 0 aliphatic rings. The Balaban J connectivity index is 0. The van der Waals surface area contributed by atoms with Gasteiger partial charge < -0.3 is 15.6 Å². The maximum Gasteiger partial charge on any atom is 0.438 e. The van der Waals surface area contributed by atoms with E-state index in [1.807, 2.05) is 6.92 Å². The molecule has 0 spiro atoms. The molecule has 0 aliphatic carbocycles. The number of carboxylic acid groups (broad SMARTS) is 1. The molecule has 0 radical (unpaired) electrons. The highest BCUT2D eigenvalue weighted by Crippen LogP contribution is 2.67. The predicted molar refractivity (Wildman–Crippen MR) is 74.0 cm³/mol. The Kier molecular flexibility index (Phi) is 10.3. The summed E-state index contributed by atoms with van der Waals surface area (Å²) in [6.07, 6.45) is -17.1. The highest BCUT2D eigenvalue weighted by atomic mass is 19.4. The van der Waals surface area contributed by atoms with Crippen LogP contribution in [0.15, 0.2) is 0 Å². The Bertz CT molecular complexity index is 886. The van der Waals surface area contributed by atoms with Crippen molar-refractivity contribution in [1.82, 2.24) is 0 Å². The van der Waals surface area contributed by atoms with Gasteiger partial charge in [0.05, 0.1) is 6.54 Å². The maximum absolute atomic E-state index is 13.4. The summed E-state index contributed by atoms with van der Waals surface area (Å²) in [5, 5.41) is 9.75. The molecule has 0 amide bonds. The molecular weight excluding hydrogens is 651 g/mol. The minimum absolute atomic E-state index is 1.00. The lowest BCUT2D eigenvalue weighted by Crippen LogP contribution is -2.79. The fourth-order valence-electron chi connectivity index (χ4n) is 2.04. The molecule has 0 heterocycles. The van der Waals surface area contributed by atoms with Crippen LogP contribution in [-0.4, -0.2) is 77.9 Å². The van der Waals surface area contributed by atoms with Gasteiger partial charge in [0.15, 0.2) is 0 Å². The van der Waals surface area contributed by atoms with Crippen molar-refractivity contribution in [1.29, 1.82) is 0 Å². The van der Waals surface area contributed by atoms with Crippen LogP contribution in [0.3, 0.4) is 0 Å². The van der Waals surface area contributed by atoms with E-state index in [1.54, 1.807) is 0 Å². The van der Waals surface area contributed by atoms with Gasteiger partial charge in [0, 0.05) is 0 Å². The van der Waals surface area contributed by atoms with Gasteiger partial charge in [-0.1, -0.05) is 0 Å². The highest BCUT2D eigenvalue weighted by molar-refractivity contribution is 5.75. The van der Waals surface area contributed by atoms with E-state index >= 15 is 0 Å². The van der Waals surface area contributed by atoms with E-state index in [9.17, 15) is 111 Å². The van der Waals surface area contributed by atoms with Gasteiger partial charge in [0.25, 0.3) is 0 Å². The number of alkyl halides is 23. The summed E-state index contributed by atoms with van der Waals surface area (Å²) in [4.78, 5) is 9.75. The molecule has 242 valence electrons. The third-order valence-corrected chi connectivity index (χ3v) is 4.23. The minimum Gasteiger partial charge on any atom is -0.544 e. The van der Waals surface area contributed by atoms with Crippen LogP contribution < -0.4 is 10.8 Å². The molecular formula is C14H8F23NO2. The first kappa shape index (κ1) is 40.0. The molecule has 3 N–H and O–H groups in total. The normalized spacial score (nSPS) is 15.9. The van der Waals surface area contributed by atoms with Crippen molar-refractivity contribution < 1.29 is 117 Å². The number of rotatable bonds is 9. The summed E-state index contributed by atoms with van der Waals surface area (Å²) in [6.45, 7) is 3.01. The molecule has 0 aromatic carbocycles. The van der Waals surface area contributed by atoms with E-state index in [4.69, 9.17) is 0 Å². The van der Waals surface area contributed by atoms with Crippen LogP contribution in [0.4, 0.5) is 101 Å². The van der Waals surface area contributed by atoms with Crippen LogP contribution in [0.1, 0.15) is 6.92 Å². The van der Waals surface area contributed by atoms with Gasteiger partial charge in [-0.25, -0.2) is 4.39 Å². The third-order valence-electron chi connectivity index (χ3n) is 4.23. The number of hydrogen-bond acceptors (Lipinski definition) is 2. The predicted octanol–water partition coefficient (Wildman–Crippen LogP) is 4.90. The molecule has 0 bridgehead atoms. The quantitative estimate of drug-likeness (QED) is 0.359. The van der Waals surface area contributed by atoms with Crippen LogP contribution >= 0.6 is 0 Å². The van der Waals surface area contributed by atoms with Gasteiger partial charge in [-0.2, -0.15) is 96.6 Å². The first-order valence-corrected chi connectivity index (χ1v) is 8.71. The van der Waals surface area contributed by atoms with Gasteiger partial charge in [0.2, 0.25) is 0 Å². The Morgan fingerprint density at radius 1 is 0.475 bits per heavy atom. The number of carbonyl (C=O) groups is 1.